The molecule has 0 spiro atoms. The van der Waals surface area contributed by atoms with E-state index in [0.29, 0.717) is 19.8 Å². The summed E-state index contributed by atoms with van der Waals surface area (Å²) in [7, 11) is 1.63. The molecule has 152 valence electrons. The molecule has 0 aliphatic carbocycles. The molecule has 1 aliphatic heterocycles. The van der Waals surface area contributed by atoms with Crippen LogP contribution in [0.15, 0.2) is 54.6 Å². The van der Waals surface area contributed by atoms with E-state index in [1.165, 1.54) is 10.6 Å². The molecule has 3 rings (SSSR count). The summed E-state index contributed by atoms with van der Waals surface area (Å²) in [5.74, 6) is 1.52. The Morgan fingerprint density at radius 1 is 1.00 bits per heavy atom. The molecule has 6 heteroatoms. The lowest BCUT2D eigenvalue weighted by Gasteiger charge is -2.34. The molecule has 2 N–H and O–H groups in total. The van der Waals surface area contributed by atoms with E-state index in [1.807, 2.05) is 30.3 Å². The number of nitrogens with one attached hydrogen (secondary N) is 1. The number of ether oxygens (including phenoxy) is 3. The zero-order valence-corrected chi connectivity index (χ0v) is 16.5. The fraction of sp³-hybridized carbons (Fsp3) is 0.455. The van der Waals surface area contributed by atoms with E-state index in [0.717, 1.165) is 44.2 Å². The van der Waals surface area contributed by atoms with Crippen molar-refractivity contribution in [3.63, 3.8) is 0 Å². The van der Waals surface area contributed by atoms with Crippen molar-refractivity contribution in [1.82, 2.24) is 0 Å². The Balaban J connectivity index is 1.27. The predicted molar refractivity (Wildman–Crippen MR) is 110 cm³/mol. The van der Waals surface area contributed by atoms with Gasteiger partial charge in [0, 0.05) is 11.8 Å². The number of quaternary nitrogens is 1. The zero-order chi connectivity index (χ0) is 19.6. The van der Waals surface area contributed by atoms with Crippen LogP contribution in [-0.4, -0.2) is 70.9 Å². The fourth-order valence-corrected chi connectivity index (χ4v) is 3.45. The number of methoxy groups -OCH3 is 1. The van der Waals surface area contributed by atoms with Crippen LogP contribution in [0.2, 0.25) is 0 Å². The van der Waals surface area contributed by atoms with Crippen molar-refractivity contribution in [2.75, 3.05) is 64.6 Å². The number of rotatable bonds is 10. The second-order valence-corrected chi connectivity index (χ2v) is 7.03. The smallest absolute Gasteiger partial charge is 0.126 e. The number of hydrogen-bond acceptors (Lipinski definition) is 5. The molecule has 0 saturated carbocycles. The fourth-order valence-electron chi connectivity index (χ4n) is 3.45. The van der Waals surface area contributed by atoms with Crippen LogP contribution in [0.25, 0.3) is 0 Å². The lowest BCUT2D eigenvalue weighted by Crippen LogP contribution is -3.16. The average Bonchev–Trinajstić information content (AvgIpc) is 2.75. The Morgan fingerprint density at radius 2 is 1.75 bits per heavy atom. The van der Waals surface area contributed by atoms with Gasteiger partial charge in [-0.1, -0.05) is 24.3 Å². The van der Waals surface area contributed by atoms with E-state index in [2.05, 4.69) is 29.2 Å². The summed E-state index contributed by atoms with van der Waals surface area (Å²) in [5.41, 5.74) is 1.28. The summed E-state index contributed by atoms with van der Waals surface area (Å²) in [5, 5.41) is 10.3. The van der Waals surface area contributed by atoms with Crippen molar-refractivity contribution in [2.24, 2.45) is 0 Å². The number of piperazine rings is 1. The summed E-state index contributed by atoms with van der Waals surface area (Å²) >= 11 is 0. The topological polar surface area (TPSA) is 55.6 Å². The molecular weight excluding hydrogens is 356 g/mol. The first-order valence-electron chi connectivity index (χ1n) is 9.91. The Hall–Kier alpha value is -2.28. The van der Waals surface area contributed by atoms with Crippen molar-refractivity contribution in [2.45, 2.75) is 6.10 Å². The Bertz CT molecular complexity index is 690. The maximum atomic E-state index is 10.3. The van der Waals surface area contributed by atoms with Crippen molar-refractivity contribution >= 4 is 5.69 Å². The second kappa shape index (κ2) is 10.9. The van der Waals surface area contributed by atoms with Gasteiger partial charge in [0.15, 0.2) is 0 Å². The normalized spacial score (nSPS) is 16.0. The van der Waals surface area contributed by atoms with Gasteiger partial charge in [0.25, 0.3) is 0 Å². The van der Waals surface area contributed by atoms with Crippen molar-refractivity contribution in [3.05, 3.63) is 54.6 Å². The summed E-state index contributed by atoms with van der Waals surface area (Å²) in [6, 6.07) is 18.0. The van der Waals surface area contributed by atoms with Gasteiger partial charge in [-0.3, -0.25) is 0 Å². The minimum absolute atomic E-state index is 0.341. The Kier molecular flexibility index (Phi) is 7.96. The molecule has 1 atom stereocenters. The van der Waals surface area contributed by atoms with Crippen LogP contribution in [0.1, 0.15) is 0 Å². The third-order valence-electron chi connectivity index (χ3n) is 4.96. The number of nitrogens with zero attached hydrogens (tertiary/aromatic N) is 1. The van der Waals surface area contributed by atoms with Gasteiger partial charge < -0.3 is 29.1 Å². The van der Waals surface area contributed by atoms with Crippen LogP contribution >= 0.6 is 0 Å². The largest absolute Gasteiger partial charge is 0.497 e. The van der Waals surface area contributed by atoms with Crippen molar-refractivity contribution in [3.8, 4) is 11.5 Å². The highest BCUT2D eigenvalue weighted by Crippen LogP contribution is 2.18. The molecule has 0 unspecified atom stereocenters. The Morgan fingerprint density at radius 3 is 2.50 bits per heavy atom. The van der Waals surface area contributed by atoms with Gasteiger partial charge in [0.2, 0.25) is 0 Å². The quantitative estimate of drug-likeness (QED) is 0.592. The van der Waals surface area contributed by atoms with E-state index in [1.54, 1.807) is 7.11 Å². The number of hydrogen-bond donors (Lipinski definition) is 2. The molecule has 1 fully saturated rings. The maximum Gasteiger partial charge on any atom is 0.126 e. The minimum atomic E-state index is -0.449. The second-order valence-electron chi connectivity index (χ2n) is 7.03. The molecule has 6 nitrogen and oxygen atoms in total. The summed E-state index contributed by atoms with van der Waals surface area (Å²) < 4.78 is 16.4. The van der Waals surface area contributed by atoms with Gasteiger partial charge >= 0.3 is 0 Å². The molecule has 2 aromatic carbocycles. The monoisotopic (exact) mass is 387 g/mol. The molecule has 1 aliphatic rings. The molecule has 2 aromatic rings. The SMILES string of the molecule is COc1cccc(OCCOC[C@H](O)C[NH+]2CCN(c3ccccc3)CC2)c1. The zero-order valence-electron chi connectivity index (χ0n) is 16.5. The molecule has 1 saturated heterocycles. The molecule has 0 aromatic heterocycles. The van der Waals surface area contributed by atoms with E-state index < -0.39 is 6.10 Å². The molecule has 0 radical (unpaired) electrons. The molecule has 0 amide bonds. The van der Waals surface area contributed by atoms with Crippen LogP contribution in [0.5, 0.6) is 11.5 Å². The van der Waals surface area contributed by atoms with Gasteiger partial charge in [-0.2, -0.15) is 0 Å². The van der Waals surface area contributed by atoms with Crippen LogP contribution in [0, 0.1) is 0 Å². The van der Waals surface area contributed by atoms with E-state index in [4.69, 9.17) is 14.2 Å². The first-order chi connectivity index (χ1) is 13.7. The molecule has 1 heterocycles. The number of aliphatic hydroxyl groups excluding tert-OH is 1. The first-order valence-corrected chi connectivity index (χ1v) is 9.91. The summed E-state index contributed by atoms with van der Waals surface area (Å²) in [4.78, 5) is 3.83. The lowest BCUT2D eigenvalue weighted by molar-refractivity contribution is -0.903. The van der Waals surface area contributed by atoms with Gasteiger partial charge in [0.05, 0.1) is 46.5 Å². The van der Waals surface area contributed by atoms with Crippen molar-refractivity contribution < 1.29 is 24.2 Å². The average molecular weight is 388 g/mol. The molecule has 0 bridgehead atoms. The van der Waals surface area contributed by atoms with E-state index >= 15 is 0 Å². The highest BCUT2D eigenvalue weighted by atomic mass is 16.5. The Labute approximate surface area is 167 Å². The number of aliphatic hydroxyl groups is 1. The number of benzene rings is 2. The highest BCUT2D eigenvalue weighted by Gasteiger charge is 2.22. The highest BCUT2D eigenvalue weighted by molar-refractivity contribution is 5.46. The van der Waals surface area contributed by atoms with Gasteiger partial charge in [-0.25, -0.2) is 0 Å². The van der Waals surface area contributed by atoms with Gasteiger partial charge in [-0.05, 0) is 24.3 Å². The number of anilines is 1. The lowest BCUT2D eigenvalue weighted by atomic mass is 10.2. The third-order valence-corrected chi connectivity index (χ3v) is 4.96. The first kappa shape index (κ1) is 20.5. The summed E-state index contributed by atoms with van der Waals surface area (Å²) in [6.45, 7) is 6.05. The van der Waals surface area contributed by atoms with Crippen LogP contribution < -0.4 is 19.3 Å². The van der Waals surface area contributed by atoms with Crippen LogP contribution in [-0.2, 0) is 4.74 Å². The minimum Gasteiger partial charge on any atom is -0.497 e. The van der Waals surface area contributed by atoms with Crippen LogP contribution in [0.4, 0.5) is 5.69 Å². The van der Waals surface area contributed by atoms with Gasteiger partial charge in [-0.15, -0.1) is 0 Å². The number of para-hydroxylation sites is 1. The maximum absolute atomic E-state index is 10.3. The predicted octanol–water partition coefficient (Wildman–Crippen LogP) is 0.857. The van der Waals surface area contributed by atoms with E-state index in [9.17, 15) is 5.11 Å². The molecule has 28 heavy (non-hydrogen) atoms. The van der Waals surface area contributed by atoms with E-state index in [-0.39, 0.29) is 0 Å². The molecular formula is C22H31N2O4+. The standard InChI is InChI=1S/C22H30N2O4/c1-26-21-8-5-9-22(16-21)28-15-14-27-18-20(25)17-23-10-12-24(13-11-23)19-6-3-2-4-7-19/h2-9,16,20,25H,10-15,17-18H2,1H3/p+1/t20-/m1/s1. The van der Waals surface area contributed by atoms with Crippen LogP contribution in [0.3, 0.4) is 0 Å². The summed E-state index contributed by atoms with van der Waals surface area (Å²) in [6.07, 6.45) is -0.449. The van der Waals surface area contributed by atoms with Gasteiger partial charge in [0.1, 0.15) is 30.8 Å². The van der Waals surface area contributed by atoms with Crippen molar-refractivity contribution in [1.29, 1.82) is 0 Å². The third kappa shape index (κ3) is 6.41.